The number of halogens is 1. The highest BCUT2D eigenvalue weighted by Gasteiger charge is 2.25. The Morgan fingerprint density at radius 2 is 2.11 bits per heavy atom. The minimum Gasteiger partial charge on any atom is -0.496 e. The van der Waals surface area contributed by atoms with Crippen LogP contribution in [-0.4, -0.2) is 37.1 Å². The van der Waals surface area contributed by atoms with Crippen LogP contribution in [0.2, 0.25) is 0 Å². The van der Waals surface area contributed by atoms with Gasteiger partial charge in [0.25, 0.3) is 11.6 Å². The summed E-state index contributed by atoms with van der Waals surface area (Å²) in [7, 11) is 1.40. The van der Waals surface area contributed by atoms with Crippen LogP contribution in [0.5, 0.6) is 5.75 Å². The van der Waals surface area contributed by atoms with Crippen LogP contribution in [-0.2, 0) is 0 Å². The molecule has 0 aromatic heterocycles. The molecule has 0 aliphatic carbocycles. The van der Waals surface area contributed by atoms with Gasteiger partial charge in [-0.15, -0.1) is 0 Å². The van der Waals surface area contributed by atoms with E-state index in [1.807, 2.05) is 11.8 Å². The molecule has 148 valence electrons. The molecular formula is C20H22FN3O4. The molecule has 28 heavy (non-hydrogen) atoms. The Kier molecular flexibility index (Phi) is 5.77. The third-order valence-corrected chi connectivity index (χ3v) is 4.84. The number of carbonyl (C=O) groups is 1. The van der Waals surface area contributed by atoms with E-state index in [0.29, 0.717) is 18.8 Å². The number of nitrogens with one attached hydrogen (secondary N) is 1. The summed E-state index contributed by atoms with van der Waals surface area (Å²) in [5, 5.41) is 13.9. The summed E-state index contributed by atoms with van der Waals surface area (Å²) in [6, 6.07) is 8.65. The molecule has 1 saturated heterocycles. The third kappa shape index (κ3) is 4.21. The molecule has 0 saturated carbocycles. The second kappa shape index (κ2) is 8.24. The van der Waals surface area contributed by atoms with Gasteiger partial charge in [0.2, 0.25) is 0 Å². The zero-order valence-electron chi connectivity index (χ0n) is 15.8. The van der Waals surface area contributed by atoms with Gasteiger partial charge in [-0.2, -0.15) is 0 Å². The lowest BCUT2D eigenvalue weighted by atomic mass is 10.0. The number of hydrogen-bond acceptors (Lipinski definition) is 5. The highest BCUT2D eigenvalue weighted by atomic mass is 19.1. The van der Waals surface area contributed by atoms with E-state index in [9.17, 15) is 19.3 Å². The van der Waals surface area contributed by atoms with Crippen LogP contribution in [0.3, 0.4) is 0 Å². The number of nitro benzene ring substituents is 1. The molecule has 1 atom stereocenters. The topological polar surface area (TPSA) is 84.7 Å². The number of non-ortho nitro benzene ring substituents is 1. The second-order valence-corrected chi connectivity index (χ2v) is 6.86. The fourth-order valence-corrected chi connectivity index (χ4v) is 3.43. The molecule has 0 spiro atoms. The number of nitro groups is 1. The van der Waals surface area contributed by atoms with E-state index < -0.39 is 10.8 Å². The van der Waals surface area contributed by atoms with Gasteiger partial charge in [-0.25, -0.2) is 4.39 Å². The monoisotopic (exact) mass is 387 g/mol. The first-order valence-electron chi connectivity index (χ1n) is 9.03. The lowest BCUT2D eigenvalue weighted by Crippen LogP contribution is -2.48. The van der Waals surface area contributed by atoms with Gasteiger partial charge in [0, 0.05) is 31.3 Å². The molecule has 0 radical (unpaired) electrons. The minimum absolute atomic E-state index is 0.107. The standard InChI is InChI=1S/C20H22FN3O4/c1-13-5-7-17(21)18(10-13)23-9-3-4-14(12-23)22-20(25)16-11-15(24(26)27)6-8-19(16)28-2/h5-8,10-11,14H,3-4,9,12H2,1-2H3,(H,22,25). The van der Waals surface area contributed by atoms with Crippen molar-refractivity contribution in [2.75, 3.05) is 25.1 Å². The number of rotatable bonds is 5. The number of methoxy groups -OCH3 is 1. The predicted octanol–water partition coefficient (Wildman–Crippen LogP) is 3.45. The van der Waals surface area contributed by atoms with Crippen LogP contribution in [0, 0.1) is 22.9 Å². The largest absolute Gasteiger partial charge is 0.496 e. The number of hydrogen-bond donors (Lipinski definition) is 1. The highest BCUT2D eigenvalue weighted by Crippen LogP contribution is 2.26. The van der Waals surface area contributed by atoms with Crippen molar-refractivity contribution in [3.63, 3.8) is 0 Å². The Labute approximate surface area is 162 Å². The van der Waals surface area contributed by atoms with Gasteiger partial charge in [0.15, 0.2) is 0 Å². The molecule has 2 aromatic rings. The average molecular weight is 387 g/mol. The van der Waals surface area contributed by atoms with E-state index in [1.165, 1.54) is 31.4 Å². The van der Waals surface area contributed by atoms with Crippen LogP contribution in [0.15, 0.2) is 36.4 Å². The molecule has 7 nitrogen and oxygen atoms in total. The van der Waals surface area contributed by atoms with E-state index in [2.05, 4.69) is 5.32 Å². The molecule has 1 fully saturated rings. The maximum Gasteiger partial charge on any atom is 0.270 e. The number of carbonyl (C=O) groups excluding carboxylic acids is 1. The first-order chi connectivity index (χ1) is 13.4. The highest BCUT2D eigenvalue weighted by molar-refractivity contribution is 5.97. The van der Waals surface area contributed by atoms with E-state index in [4.69, 9.17) is 4.74 Å². The van der Waals surface area contributed by atoms with Crippen molar-refractivity contribution in [3.8, 4) is 5.75 Å². The lowest BCUT2D eigenvalue weighted by molar-refractivity contribution is -0.384. The maximum atomic E-state index is 14.2. The van der Waals surface area contributed by atoms with Crippen molar-refractivity contribution in [2.24, 2.45) is 0 Å². The Bertz CT molecular complexity index is 903. The van der Waals surface area contributed by atoms with Crippen molar-refractivity contribution in [1.29, 1.82) is 0 Å². The fourth-order valence-electron chi connectivity index (χ4n) is 3.43. The second-order valence-electron chi connectivity index (χ2n) is 6.86. The smallest absolute Gasteiger partial charge is 0.270 e. The molecule has 1 amide bonds. The first-order valence-corrected chi connectivity index (χ1v) is 9.03. The molecule has 1 heterocycles. The molecule has 1 N–H and O–H groups in total. The fraction of sp³-hybridized carbons (Fsp3) is 0.350. The van der Waals surface area contributed by atoms with Crippen LogP contribution in [0.25, 0.3) is 0 Å². The van der Waals surface area contributed by atoms with Crippen LogP contribution >= 0.6 is 0 Å². The normalized spacial score (nSPS) is 16.5. The first kappa shape index (κ1) is 19.6. The number of piperidine rings is 1. The van der Waals surface area contributed by atoms with E-state index in [0.717, 1.165) is 18.4 Å². The van der Waals surface area contributed by atoms with Gasteiger partial charge < -0.3 is 15.0 Å². The molecule has 8 heteroatoms. The van der Waals surface area contributed by atoms with Crippen molar-refractivity contribution < 1.29 is 18.8 Å². The summed E-state index contributed by atoms with van der Waals surface area (Å²) in [5.41, 5.74) is 1.41. The van der Waals surface area contributed by atoms with Gasteiger partial charge in [0.05, 0.1) is 23.3 Å². The Hall–Kier alpha value is -3.16. The lowest BCUT2D eigenvalue weighted by Gasteiger charge is -2.35. The van der Waals surface area contributed by atoms with Crippen molar-refractivity contribution in [3.05, 3.63) is 63.5 Å². The zero-order valence-corrected chi connectivity index (χ0v) is 15.8. The summed E-state index contributed by atoms with van der Waals surface area (Å²) in [6.45, 7) is 3.07. The molecule has 1 aliphatic heterocycles. The summed E-state index contributed by atoms with van der Waals surface area (Å²) < 4.78 is 19.4. The van der Waals surface area contributed by atoms with Gasteiger partial charge in [-0.1, -0.05) is 6.07 Å². The van der Waals surface area contributed by atoms with E-state index >= 15 is 0 Å². The molecule has 1 unspecified atom stereocenters. The molecule has 2 aromatic carbocycles. The predicted molar refractivity (Wildman–Crippen MR) is 103 cm³/mol. The number of aryl methyl sites for hydroxylation is 1. The summed E-state index contributed by atoms with van der Waals surface area (Å²) in [5.74, 6) is -0.476. The number of amides is 1. The summed E-state index contributed by atoms with van der Waals surface area (Å²) in [4.78, 5) is 25.1. The maximum absolute atomic E-state index is 14.2. The zero-order chi connectivity index (χ0) is 20.3. The van der Waals surface area contributed by atoms with Crippen molar-refractivity contribution in [1.82, 2.24) is 5.32 Å². The van der Waals surface area contributed by atoms with Gasteiger partial charge >= 0.3 is 0 Å². The average Bonchev–Trinajstić information content (AvgIpc) is 2.69. The van der Waals surface area contributed by atoms with Crippen LogP contribution in [0.4, 0.5) is 15.8 Å². The number of anilines is 1. The Balaban J connectivity index is 1.76. The van der Waals surface area contributed by atoms with Crippen molar-refractivity contribution >= 4 is 17.3 Å². The van der Waals surface area contributed by atoms with Gasteiger partial charge in [0.1, 0.15) is 11.6 Å². The van der Waals surface area contributed by atoms with Gasteiger partial charge in [-0.05, 0) is 43.5 Å². The van der Waals surface area contributed by atoms with E-state index in [-0.39, 0.29) is 28.9 Å². The van der Waals surface area contributed by atoms with Crippen molar-refractivity contribution in [2.45, 2.75) is 25.8 Å². The third-order valence-electron chi connectivity index (χ3n) is 4.84. The van der Waals surface area contributed by atoms with E-state index in [1.54, 1.807) is 12.1 Å². The summed E-state index contributed by atoms with van der Waals surface area (Å²) >= 11 is 0. The number of ether oxygens (including phenoxy) is 1. The number of benzene rings is 2. The SMILES string of the molecule is COc1ccc([N+](=O)[O-])cc1C(=O)NC1CCCN(c2cc(C)ccc2F)C1. The Morgan fingerprint density at radius 3 is 2.82 bits per heavy atom. The van der Waals surface area contributed by atoms with Gasteiger partial charge in [-0.3, -0.25) is 14.9 Å². The molecular weight excluding hydrogens is 365 g/mol. The number of nitrogens with zero attached hydrogens (tertiary/aromatic N) is 2. The quantitative estimate of drug-likeness (QED) is 0.627. The molecule has 1 aliphatic rings. The van der Waals surface area contributed by atoms with Crippen LogP contribution < -0.4 is 15.0 Å². The molecule has 3 rings (SSSR count). The minimum atomic E-state index is -0.556. The van der Waals surface area contributed by atoms with Crippen LogP contribution in [0.1, 0.15) is 28.8 Å². The molecule has 0 bridgehead atoms. The summed E-state index contributed by atoms with van der Waals surface area (Å²) in [6.07, 6.45) is 1.54. The Morgan fingerprint density at radius 1 is 1.32 bits per heavy atom.